The van der Waals surface area contributed by atoms with Crippen molar-refractivity contribution in [1.82, 2.24) is 9.21 Å². The van der Waals surface area contributed by atoms with Crippen molar-refractivity contribution in [2.45, 2.75) is 30.2 Å². The maximum absolute atomic E-state index is 12.8. The lowest BCUT2D eigenvalue weighted by Gasteiger charge is -2.21. The Morgan fingerprint density at radius 1 is 1.07 bits per heavy atom. The van der Waals surface area contributed by atoms with E-state index in [1.807, 2.05) is 30.5 Å². The molecular formula is C20H25ClN2O3S2. The number of benzene rings is 2. The molecule has 0 N–H and O–H groups in total. The topological polar surface area (TPSA) is 57.7 Å². The Morgan fingerprint density at radius 2 is 1.68 bits per heavy atom. The van der Waals surface area contributed by atoms with Gasteiger partial charge < -0.3 is 4.90 Å². The lowest BCUT2D eigenvalue weighted by Crippen LogP contribution is -2.31. The molecule has 0 unspecified atom stereocenters. The van der Waals surface area contributed by atoms with Crippen molar-refractivity contribution in [1.29, 1.82) is 0 Å². The fraction of sp³-hybridized carbons (Fsp3) is 0.350. The van der Waals surface area contributed by atoms with Crippen molar-refractivity contribution in [3.05, 3.63) is 58.6 Å². The molecule has 0 saturated heterocycles. The molecule has 0 heterocycles. The van der Waals surface area contributed by atoms with Gasteiger partial charge in [-0.2, -0.15) is 4.31 Å². The molecule has 2 aromatic carbocycles. The number of hydrogen-bond acceptors (Lipinski definition) is 4. The summed E-state index contributed by atoms with van der Waals surface area (Å²) in [6, 6.07) is 12.4. The van der Waals surface area contributed by atoms with Gasteiger partial charge in [-0.1, -0.05) is 37.6 Å². The van der Waals surface area contributed by atoms with E-state index in [-0.39, 0.29) is 15.8 Å². The van der Waals surface area contributed by atoms with Gasteiger partial charge in [0.1, 0.15) is 4.90 Å². The summed E-state index contributed by atoms with van der Waals surface area (Å²) >= 11 is 7.81. The number of sulfonamides is 1. The predicted octanol–water partition coefficient (Wildman–Crippen LogP) is 4.36. The Bertz CT molecular complexity index is 927. The molecule has 1 amide bonds. The highest BCUT2D eigenvalue weighted by atomic mass is 35.5. The minimum atomic E-state index is -3.75. The lowest BCUT2D eigenvalue weighted by molar-refractivity contribution is 0.0785. The summed E-state index contributed by atoms with van der Waals surface area (Å²) in [7, 11) is -2.06. The van der Waals surface area contributed by atoms with Gasteiger partial charge in [0, 0.05) is 37.1 Å². The Hall–Kier alpha value is -1.54. The molecule has 0 aromatic heterocycles. The van der Waals surface area contributed by atoms with Crippen LogP contribution in [0.3, 0.4) is 0 Å². The van der Waals surface area contributed by atoms with Crippen molar-refractivity contribution in [2.24, 2.45) is 0 Å². The normalized spacial score (nSPS) is 11.6. The number of halogens is 1. The molecule has 0 saturated carbocycles. The van der Waals surface area contributed by atoms with E-state index in [4.69, 9.17) is 11.6 Å². The molecule has 2 rings (SSSR count). The number of thioether (sulfide) groups is 1. The zero-order valence-corrected chi connectivity index (χ0v) is 18.9. The van der Waals surface area contributed by atoms with Crippen LogP contribution in [0.25, 0.3) is 0 Å². The minimum absolute atomic E-state index is 0.0403. The van der Waals surface area contributed by atoms with Gasteiger partial charge in [-0.15, -0.1) is 11.8 Å². The maximum atomic E-state index is 12.8. The summed E-state index contributed by atoms with van der Waals surface area (Å²) in [5.74, 6) is -0.262. The van der Waals surface area contributed by atoms with Crippen LogP contribution in [0.4, 0.5) is 0 Å². The highest BCUT2D eigenvalue weighted by Crippen LogP contribution is 2.26. The highest BCUT2D eigenvalue weighted by molar-refractivity contribution is 7.98. The number of nitrogens with zero attached hydrogens (tertiary/aromatic N) is 2. The second kappa shape index (κ2) is 9.78. The van der Waals surface area contributed by atoms with Crippen LogP contribution in [0.1, 0.15) is 29.8 Å². The molecule has 5 nitrogen and oxygen atoms in total. The van der Waals surface area contributed by atoms with E-state index in [1.165, 1.54) is 16.4 Å². The third kappa shape index (κ3) is 5.08. The Balaban J connectivity index is 2.28. The smallest absolute Gasteiger partial charge is 0.253 e. The van der Waals surface area contributed by atoms with Gasteiger partial charge in [0.05, 0.1) is 5.02 Å². The Kier molecular flexibility index (Phi) is 7.95. The molecule has 0 radical (unpaired) electrons. The van der Waals surface area contributed by atoms with Gasteiger partial charge in [0.2, 0.25) is 10.0 Å². The van der Waals surface area contributed by atoms with Crippen molar-refractivity contribution in [2.75, 3.05) is 26.4 Å². The van der Waals surface area contributed by atoms with Gasteiger partial charge in [-0.05, 0) is 42.2 Å². The molecule has 0 aliphatic heterocycles. The second-order valence-electron chi connectivity index (χ2n) is 6.24. The van der Waals surface area contributed by atoms with Crippen LogP contribution in [0, 0.1) is 0 Å². The third-order valence-electron chi connectivity index (χ3n) is 4.43. The Labute approximate surface area is 176 Å². The van der Waals surface area contributed by atoms with E-state index in [9.17, 15) is 13.2 Å². The van der Waals surface area contributed by atoms with Crippen LogP contribution >= 0.6 is 23.4 Å². The number of rotatable bonds is 8. The monoisotopic (exact) mass is 440 g/mol. The maximum Gasteiger partial charge on any atom is 0.253 e. The summed E-state index contributed by atoms with van der Waals surface area (Å²) in [6.45, 7) is 4.62. The molecule has 2 aromatic rings. The van der Waals surface area contributed by atoms with Crippen LogP contribution in [0.2, 0.25) is 5.02 Å². The third-order valence-corrected chi connectivity index (χ3v) is 7.70. The van der Waals surface area contributed by atoms with Crippen molar-refractivity contribution < 1.29 is 13.2 Å². The SMILES string of the molecule is CCN(CC)S(=O)(=O)c1cc(C(=O)N(C)Cc2ccc(SC)cc2)ccc1Cl. The van der Waals surface area contributed by atoms with E-state index in [0.717, 1.165) is 10.5 Å². The van der Waals surface area contributed by atoms with E-state index in [2.05, 4.69) is 0 Å². The quantitative estimate of drug-likeness (QED) is 0.572. The molecule has 0 bridgehead atoms. The molecule has 8 heteroatoms. The predicted molar refractivity (Wildman–Crippen MR) is 116 cm³/mol. The van der Waals surface area contributed by atoms with Crippen LogP contribution in [-0.4, -0.2) is 49.9 Å². The summed E-state index contributed by atoms with van der Waals surface area (Å²) in [5, 5.41) is 0.110. The van der Waals surface area contributed by atoms with Crippen LogP contribution < -0.4 is 0 Å². The average Bonchev–Trinajstić information content (AvgIpc) is 2.69. The Morgan fingerprint density at radius 3 is 2.21 bits per heavy atom. The number of carbonyl (C=O) groups is 1. The van der Waals surface area contributed by atoms with E-state index in [1.54, 1.807) is 43.6 Å². The zero-order valence-electron chi connectivity index (χ0n) is 16.5. The number of hydrogen-bond donors (Lipinski definition) is 0. The van der Waals surface area contributed by atoms with Crippen molar-refractivity contribution >= 4 is 39.3 Å². The molecule has 0 spiro atoms. The first kappa shape index (κ1) is 22.7. The zero-order chi connectivity index (χ0) is 20.9. The van der Waals surface area contributed by atoms with Crippen LogP contribution in [0.5, 0.6) is 0 Å². The molecule has 152 valence electrons. The second-order valence-corrected chi connectivity index (χ2v) is 9.44. The first-order valence-corrected chi connectivity index (χ1v) is 12.0. The van der Waals surface area contributed by atoms with Gasteiger partial charge in [0.25, 0.3) is 5.91 Å². The number of carbonyl (C=O) groups excluding carboxylic acids is 1. The first-order chi connectivity index (χ1) is 13.2. The molecule has 0 aliphatic carbocycles. The molecule has 0 atom stereocenters. The standard InChI is InChI=1S/C20H25ClN2O3S2/c1-5-23(6-2)28(25,26)19-13-16(9-12-18(19)21)20(24)22(3)14-15-7-10-17(27-4)11-8-15/h7-13H,5-6,14H2,1-4H3. The van der Waals surface area contributed by atoms with Crippen molar-refractivity contribution in [3.63, 3.8) is 0 Å². The first-order valence-electron chi connectivity index (χ1n) is 8.92. The lowest BCUT2D eigenvalue weighted by atomic mass is 10.1. The van der Waals surface area contributed by atoms with E-state index < -0.39 is 10.0 Å². The molecular weight excluding hydrogens is 416 g/mol. The minimum Gasteiger partial charge on any atom is -0.337 e. The van der Waals surface area contributed by atoms with Crippen molar-refractivity contribution in [3.8, 4) is 0 Å². The molecule has 0 aliphatic rings. The average molecular weight is 441 g/mol. The molecule has 0 fully saturated rings. The highest BCUT2D eigenvalue weighted by Gasteiger charge is 2.26. The van der Waals surface area contributed by atoms with Gasteiger partial charge in [-0.3, -0.25) is 4.79 Å². The van der Waals surface area contributed by atoms with E-state index >= 15 is 0 Å². The summed E-state index contributed by atoms with van der Waals surface area (Å²) < 4.78 is 27.0. The fourth-order valence-electron chi connectivity index (χ4n) is 2.83. The fourth-order valence-corrected chi connectivity index (χ4v) is 5.20. The summed E-state index contributed by atoms with van der Waals surface area (Å²) in [4.78, 5) is 15.5. The van der Waals surface area contributed by atoms with Gasteiger partial charge in [-0.25, -0.2) is 8.42 Å². The largest absolute Gasteiger partial charge is 0.337 e. The van der Waals surface area contributed by atoms with Crippen LogP contribution in [-0.2, 0) is 16.6 Å². The summed E-state index contributed by atoms with van der Waals surface area (Å²) in [6.07, 6.45) is 2.01. The van der Waals surface area contributed by atoms with E-state index in [0.29, 0.717) is 25.2 Å². The van der Waals surface area contributed by atoms with Gasteiger partial charge in [0.15, 0.2) is 0 Å². The number of amides is 1. The van der Waals surface area contributed by atoms with Crippen LogP contribution in [0.15, 0.2) is 52.3 Å². The van der Waals surface area contributed by atoms with Gasteiger partial charge >= 0.3 is 0 Å². The molecule has 28 heavy (non-hydrogen) atoms. The summed E-state index contributed by atoms with van der Waals surface area (Å²) in [5.41, 5.74) is 1.29.